The predicted octanol–water partition coefficient (Wildman–Crippen LogP) is 0.883. The molecule has 2 aliphatic rings. The van der Waals surface area contributed by atoms with Crippen LogP contribution in [0.3, 0.4) is 0 Å². The molecule has 4 atom stereocenters. The molecule has 1 N–H and O–H groups in total. The maximum atomic E-state index is 10.2. The summed E-state index contributed by atoms with van der Waals surface area (Å²) in [6.07, 6.45) is 2.11. The lowest BCUT2D eigenvalue weighted by Gasteiger charge is -2.39. The van der Waals surface area contributed by atoms with E-state index in [0.29, 0.717) is 12.0 Å². The van der Waals surface area contributed by atoms with Crippen molar-refractivity contribution in [1.29, 1.82) is 0 Å². The quantitative estimate of drug-likeness (QED) is 0.796. The van der Waals surface area contributed by atoms with Crippen molar-refractivity contribution >= 4 is 0 Å². The summed E-state index contributed by atoms with van der Waals surface area (Å²) in [6, 6.07) is 0.461. The third kappa shape index (κ3) is 3.41. The fourth-order valence-corrected chi connectivity index (χ4v) is 2.76. The summed E-state index contributed by atoms with van der Waals surface area (Å²) >= 11 is 0. The number of hydrogen-bond acceptors (Lipinski definition) is 4. The number of aliphatic hydroxyl groups excluding tert-OH is 1. The maximum Gasteiger partial charge on any atom is 0.0718 e. The standard InChI is InChI=1S/C13H25NO3/c1-3-12-9-17-10(2)6-14(12)7-13(15)11-4-5-16-8-11/h10-13,15H,3-9H2,1-2H3. The Morgan fingerprint density at radius 1 is 1.41 bits per heavy atom. The van der Waals surface area contributed by atoms with E-state index in [9.17, 15) is 5.11 Å². The monoisotopic (exact) mass is 243 g/mol. The van der Waals surface area contributed by atoms with Crippen LogP contribution in [0.15, 0.2) is 0 Å². The number of hydrogen-bond donors (Lipinski definition) is 1. The summed E-state index contributed by atoms with van der Waals surface area (Å²) in [5, 5.41) is 10.2. The number of ether oxygens (including phenoxy) is 2. The van der Waals surface area contributed by atoms with E-state index in [-0.39, 0.29) is 12.2 Å². The van der Waals surface area contributed by atoms with Gasteiger partial charge in [0.25, 0.3) is 0 Å². The van der Waals surface area contributed by atoms with Gasteiger partial charge in [-0.05, 0) is 19.8 Å². The molecule has 2 saturated heterocycles. The van der Waals surface area contributed by atoms with Gasteiger partial charge in [0.05, 0.1) is 25.4 Å². The molecule has 17 heavy (non-hydrogen) atoms. The van der Waals surface area contributed by atoms with Crippen LogP contribution >= 0.6 is 0 Å². The van der Waals surface area contributed by atoms with Crippen LogP contribution in [0.2, 0.25) is 0 Å². The Hall–Kier alpha value is -0.160. The zero-order chi connectivity index (χ0) is 12.3. The van der Waals surface area contributed by atoms with Crippen molar-refractivity contribution in [2.75, 3.05) is 32.9 Å². The molecule has 0 saturated carbocycles. The first-order chi connectivity index (χ1) is 8.20. The predicted molar refractivity (Wildman–Crippen MR) is 66.0 cm³/mol. The summed E-state index contributed by atoms with van der Waals surface area (Å²) in [5.74, 6) is 0.325. The Morgan fingerprint density at radius 3 is 2.88 bits per heavy atom. The van der Waals surface area contributed by atoms with E-state index in [4.69, 9.17) is 9.47 Å². The molecule has 0 bridgehead atoms. The molecule has 0 radical (unpaired) electrons. The highest BCUT2D eigenvalue weighted by Crippen LogP contribution is 2.21. The second-order valence-corrected chi connectivity index (χ2v) is 5.35. The highest BCUT2D eigenvalue weighted by Gasteiger charge is 2.31. The van der Waals surface area contributed by atoms with Crippen molar-refractivity contribution in [3.63, 3.8) is 0 Å². The maximum absolute atomic E-state index is 10.2. The van der Waals surface area contributed by atoms with Gasteiger partial charge in [0.1, 0.15) is 0 Å². The van der Waals surface area contributed by atoms with Gasteiger partial charge < -0.3 is 14.6 Å². The summed E-state index contributed by atoms with van der Waals surface area (Å²) in [7, 11) is 0. The molecular formula is C13H25NO3. The van der Waals surface area contributed by atoms with Crippen LogP contribution in [0.5, 0.6) is 0 Å². The zero-order valence-corrected chi connectivity index (χ0v) is 11.0. The third-order valence-corrected chi connectivity index (χ3v) is 3.98. The Bertz CT molecular complexity index is 231. The lowest BCUT2D eigenvalue weighted by molar-refractivity contribution is -0.0733. The largest absolute Gasteiger partial charge is 0.391 e. The summed E-state index contributed by atoms with van der Waals surface area (Å²) in [5.41, 5.74) is 0. The van der Waals surface area contributed by atoms with Crippen molar-refractivity contribution in [2.45, 2.75) is 44.9 Å². The fraction of sp³-hybridized carbons (Fsp3) is 1.00. The third-order valence-electron chi connectivity index (χ3n) is 3.98. The summed E-state index contributed by atoms with van der Waals surface area (Å²) < 4.78 is 11.0. The van der Waals surface area contributed by atoms with Gasteiger partial charge in [-0.25, -0.2) is 0 Å². The Labute approximate surface area is 104 Å². The first-order valence-electron chi connectivity index (χ1n) is 6.82. The normalized spacial score (nSPS) is 37.2. The lowest BCUT2D eigenvalue weighted by atomic mass is 10.00. The van der Waals surface area contributed by atoms with Crippen LogP contribution < -0.4 is 0 Å². The molecule has 0 spiro atoms. The molecule has 0 aromatic rings. The Morgan fingerprint density at radius 2 is 2.24 bits per heavy atom. The smallest absolute Gasteiger partial charge is 0.0718 e. The number of nitrogens with zero attached hydrogens (tertiary/aromatic N) is 1. The molecule has 2 rings (SSSR count). The van der Waals surface area contributed by atoms with Gasteiger partial charge in [-0.3, -0.25) is 4.90 Å². The van der Waals surface area contributed by atoms with Crippen LogP contribution in [0.4, 0.5) is 0 Å². The number of aliphatic hydroxyl groups is 1. The van der Waals surface area contributed by atoms with Gasteiger partial charge >= 0.3 is 0 Å². The SMILES string of the molecule is CCC1COC(C)CN1CC(O)C1CCOC1. The first kappa shape index (κ1) is 13.3. The van der Waals surface area contributed by atoms with E-state index >= 15 is 0 Å². The van der Waals surface area contributed by atoms with Gasteiger partial charge in [0, 0.05) is 31.7 Å². The Kier molecular flexibility index (Phi) is 4.79. The molecule has 4 heteroatoms. The molecule has 100 valence electrons. The van der Waals surface area contributed by atoms with Crippen LogP contribution in [0.25, 0.3) is 0 Å². The second kappa shape index (κ2) is 6.14. The van der Waals surface area contributed by atoms with E-state index in [1.54, 1.807) is 0 Å². The van der Waals surface area contributed by atoms with E-state index in [1.165, 1.54) is 0 Å². The second-order valence-electron chi connectivity index (χ2n) is 5.35. The molecule has 2 heterocycles. The number of morpholine rings is 1. The number of rotatable bonds is 4. The van der Waals surface area contributed by atoms with Gasteiger partial charge in [-0.1, -0.05) is 6.92 Å². The first-order valence-corrected chi connectivity index (χ1v) is 6.82. The zero-order valence-electron chi connectivity index (χ0n) is 11.0. The molecule has 0 aromatic heterocycles. The van der Waals surface area contributed by atoms with Gasteiger partial charge in [-0.2, -0.15) is 0 Å². The highest BCUT2D eigenvalue weighted by molar-refractivity contribution is 4.82. The Balaban J connectivity index is 1.85. The molecule has 2 fully saturated rings. The molecule has 4 nitrogen and oxygen atoms in total. The van der Waals surface area contributed by atoms with E-state index in [1.807, 2.05) is 0 Å². The summed E-state index contributed by atoms with van der Waals surface area (Å²) in [4.78, 5) is 2.39. The number of β-amino-alcohol motifs (C(OH)–C–C–N with tert-alkyl or cyclic N) is 1. The highest BCUT2D eigenvalue weighted by atomic mass is 16.5. The molecular weight excluding hydrogens is 218 g/mol. The van der Waals surface area contributed by atoms with Crippen molar-refractivity contribution in [3.05, 3.63) is 0 Å². The molecule has 0 amide bonds. The van der Waals surface area contributed by atoms with Crippen LogP contribution in [-0.2, 0) is 9.47 Å². The van der Waals surface area contributed by atoms with Crippen LogP contribution in [0.1, 0.15) is 26.7 Å². The lowest BCUT2D eigenvalue weighted by Crippen LogP contribution is -2.52. The van der Waals surface area contributed by atoms with Gasteiger partial charge in [-0.15, -0.1) is 0 Å². The molecule has 4 unspecified atom stereocenters. The minimum absolute atomic E-state index is 0.253. The van der Waals surface area contributed by atoms with Crippen molar-refractivity contribution in [2.24, 2.45) is 5.92 Å². The summed E-state index contributed by atoms with van der Waals surface area (Å²) in [6.45, 7) is 8.30. The average molecular weight is 243 g/mol. The topological polar surface area (TPSA) is 41.9 Å². The van der Waals surface area contributed by atoms with E-state index < -0.39 is 0 Å². The molecule has 0 aromatic carbocycles. The van der Waals surface area contributed by atoms with Gasteiger partial charge in [0.15, 0.2) is 0 Å². The average Bonchev–Trinajstić information content (AvgIpc) is 2.83. The van der Waals surface area contributed by atoms with Crippen LogP contribution in [-0.4, -0.2) is 61.2 Å². The fourth-order valence-electron chi connectivity index (χ4n) is 2.76. The van der Waals surface area contributed by atoms with E-state index in [0.717, 1.165) is 45.8 Å². The van der Waals surface area contributed by atoms with Crippen LogP contribution in [0, 0.1) is 5.92 Å². The van der Waals surface area contributed by atoms with E-state index in [2.05, 4.69) is 18.7 Å². The van der Waals surface area contributed by atoms with Gasteiger partial charge in [0.2, 0.25) is 0 Å². The molecule has 2 aliphatic heterocycles. The van der Waals surface area contributed by atoms with Crippen molar-refractivity contribution < 1.29 is 14.6 Å². The van der Waals surface area contributed by atoms with Crippen molar-refractivity contribution in [3.8, 4) is 0 Å². The minimum Gasteiger partial charge on any atom is -0.391 e. The molecule has 0 aliphatic carbocycles. The van der Waals surface area contributed by atoms with Crippen molar-refractivity contribution in [1.82, 2.24) is 4.90 Å². The minimum atomic E-state index is -0.253.